The van der Waals surface area contributed by atoms with Crippen LogP contribution in [0.2, 0.25) is 0 Å². The van der Waals surface area contributed by atoms with Crippen LogP contribution in [-0.4, -0.2) is 35.9 Å². The molecule has 2 N–H and O–H groups in total. The molecule has 0 aliphatic carbocycles. The van der Waals surface area contributed by atoms with Crippen LogP contribution in [-0.2, 0) is 9.59 Å². The van der Waals surface area contributed by atoms with E-state index in [0.29, 0.717) is 5.75 Å². The third kappa shape index (κ3) is 3.14. The lowest BCUT2D eigenvalue weighted by molar-refractivity contribution is -0.127. The molecular weight excluding hydrogens is 342 g/mol. The van der Waals surface area contributed by atoms with Crippen LogP contribution in [0.25, 0.3) is 10.9 Å². The van der Waals surface area contributed by atoms with Crippen LogP contribution in [0.3, 0.4) is 0 Å². The van der Waals surface area contributed by atoms with E-state index in [1.807, 2.05) is 54.7 Å². The number of hydrogen-bond acceptors (Lipinski definition) is 3. The van der Waals surface area contributed by atoms with Gasteiger partial charge in [-0.15, -0.1) is 0 Å². The molecule has 0 spiro atoms. The molecular formula is C21H21N3O3. The number of anilines is 1. The Morgan fingerprint density at radius 1 is 1.22 bits per heavy atom. The predicted molar refractivity (Wildman–Crippen MR) is 104 cm³/mol. The van der Waals surface area contributed by atoms with Crippen molar-refractivity contribution in [2.45, 2.75) is 12.5 Å². The average Bonchev–Trinajstić information content (AvgIpc) is 3.26. The summed E-state index contributed by atoms with van der Waals surface area (Å²) in [5.41, 5.74) is 2.63. The summed E-state index contributed by atoms with van der Waals surface area (Å²) in [7, 11) is 3.34. The predicted octanol–water partition coefficient (Wildman–Crippen LogP) is 3.33. The van der Waals surface area contributed by atoms with Gasteiger partial charge in [0.15, 0.2) is 0 Å². The SMILES string of the molecule is COc1cccc(C2C(C(=O)Nc3ccc4[nH]ccc4c3)CC(=O)N2C)c1. The smallest absolute Gasteiger partial charge is 0.230 e. The number of aromatic nitrogens is 1. The Hall–Kier alpha value is -3.28. The fourth-order valence-electron chi connectivity index (χ4n) is 3.75. The summed E-state index contributed by atoms with van der Waals surface area (Å²) in [6.07, 6.45) is 2.05. The lowest BCUT2D eigenvalue weighted by Crippen LogP contribution is -2.30. The number of H-pyrrole nitrogens is 1. The summed E-state index contributed by atoms with van der Waals surface area (Å²) in [4.78, 5) is 30.1. The van der Waals surface area contributed by atoms with Crippen molar-refractivity contribution < 1.29 is 14.3 Å². The largest absolute Gasteiger partial charge is 0.497 e. The van der Waals surface area contributed by atoms with Crippen molar-refractivity contribution in [3.63, 3.8) is 0 Å². The number of nitrogens with zero attached hydrogens (tertiary/aromatic N) is 1. The maximum Gasteiger partial charge on any atom is 0.230 e. The van der Waals surface area contributed by atoms with Gasteiger partial charge in [-0.25, -0.2) is 0 Å². The quantitative estimate of drug-likeness (QED) is 0.747. The second-order valence-electron chi connectivity index (χ2n) is 6.81. The van der Waals surface area contributed by atoms with E-state index in [4.69, 9.17) is 4.74 Å². The molecule has 27 heavy (non-hydrogen) atoms. The van der Waals surface area contributed by atoms with E-state index in [2.05, 4.69) is 10.3 Å². The van der Waals surface area contributed by atoms with Crippen molar-refractivity contribution in [3.05, 3.63) is 60.3 Å². The van der Waals surface area contributed by atoms with E-state index >= 15 is 0 Å². The molecule has 1 aliphatic rings. The van der Waals surface area contributed by atoms with Gasteiger partial charge in [-0.2, -0.15) is 0 Å². The standard InChI is InChI=1S/C21H21N3O3/c1-24-19(25)12-17(20(24)14-4-3-5-16(11-14)27-2)21(26)23-15-6-7-18-13(10-15)8-9-22-18/h3-11,17,20,22H,12H2,1-2H3,(H,23,26). The first-order valence-electron chi connectivity index (χ1n) is 8.84. The molecule has 138 valence electrons. The molecule has 2 heterocycles. The molecule has 0 radical (unpaired) electrons. The zero-order chi connectivity index (χ0) is 19.0. The van der Waals surface area contributed by atoms with Crippen LogP contribution in [0.1, 0.15) is 18.0 Å². The van der Waals surface area contributed by atoms with Crippen molar-refractivity contribution in [2.24, 2.45) is 5.92 Å². The number of hydrogen-bond donors (Lipinski definition) is 2. The fraction of sp³-hybridized carbons (Fsp3) is 0.238. The number of aromatic amines is 1. The number of fused-ring (bicyclic) bond motifs is 1. The van der Waals surface area contributed by atoms with Gasteiger partial charge < -0.3 is 19.9 Å². The lowest BCUT2D eigenvalue weighted by atomic mass is 9.92. The summed E-state index contributed by atoms with van der Waals surface area (Å²) in [6.45, 7) is 0. The number of benzene rings is 2. The van der Waals surface area contributed by atoms with Gasteiger partial charge in [0.2, 0.25) is 11.8 Å². The Morgan fingerprint density at radius 3 is 2.89 bits per heavy atom. The molecule has 1 saturated heterocycles. The average molecular weight is 363 g/mol. The third-order valence-corrected chi connectivity index (χ3v) is 5.18. The summed E-state index contributed by atoms with van der Waals surface area (Å²) in [5, 5.41) is 4.00. The van der Waals surface area contributed by atoms with E-state index in [-0.39, 0.29) is 24.3 Å². The monoisotopic (exact) mass is 363 g/mol. The zero-order valence-corrected chi connectivity index (χ0v) is 15.2. The van der Waals surface area contributed by atoms with E-state index in [1.165, 1.54) is 0 Å². The first-order valence-corrected chi connectivity index (χ1v) is 8.84. The van der Waals surface area contributed by atoms with E-state index < -0.39 is 5.92 Å². The summed E-state index contributed by atoms with van der Waals surface area (Å²) >= 11 is 0. The van der Waals surface area contributed by atoms with Gasteiger partial charge in [-0.05, 0) is 42.0 Å². The zero-order valence-electron chi connectivity index (χ0n) is 15.2. The highest BCUT2D eigenvalue weighted by atomic mass is 16.5. The van der Waals surface area contributed by atoms with E-state index in [1.54, 1.807) is 19.1 Å². The second-order valence-corrected chi connectivity index (χ2v) is 6.81. The number of rotatable bonds is 4. The van der Waals surface area contributed by atoms with Gasteiger partial charge in [0.1, 0.15) is 5.75 Å². The van der Waals surface area contributed by atoms with E-state index in [9.17, 15) is 9.59 Å². The Morgan fingerprint density at radius 2 is 2.07 bits per heavy atom. The van der Waals surface area contributed by atoms with Gasteiger partial charge in [0.05, 0.1) is 19.1 Å². The number of ether oxygens (including phenoxy) is 1. The highest BCUT2D eigenvalue weighted by Crippen LogP contribution is 2.38. The molecule has 3 aromatic rings. The summed E-state index contributed by atoms with van der Waals surface area (Å²) in [6, 6.07) is 14.9. The highest BCUT2D eigenvalue weighted by Gasteiger charge is 2.42. The third-order valence-electron chi connectivity index (χ3n) is 5.18. The molecule has 4 rings (SSSR count). The van der Waals surface area contributed by atoms with E-state index in [0.717, 1.165) is 22.2 Å². The van der Waals surface area contributed by atoms with Crippen molar-refractivity contribution in [1.29, 1.82) is 0 Å². The van der Waals surface area contributed by atoms with Crippen molar-refractivity contribution in [1.82, 2.24) is 9.88 Å². The molecule has 6 heteroatoms. The Balaban J connectivity index is 1.61. The summed E-state index contributed by atoms with van der Waals surface area (Å²) < 4.78 is 5.29. The molecule has 1 aliphatic heterocycles. The van der Waals surface area contributed by atoms with Crippen LogP contribution in [0.4, 0.5) is 5.69 Å². The summed E-state index contributed by atoms with van der Waals surface area (Å²) in [5.74, 6) is 0.0494. The Bertz CT molecular complexity index is 1010. The fourth-order valence-corrected chi connectivity index (χ4v) is 3.75. The van der Waals surface area contributed by atoms with Crippen molar-refractivity contribution in [2.75, 3.05) is 19.5 Å². The molecule has 2 amide bonds. The number of amides is 2. The lowest BCUT2D eigenvalue weighted by Gasteiger charge is -2.25. The molecule has 0 bridgehead atoms. The van der Waals surface area contributed by atoms with Crippen LogP contribution in [0.5, 0.6) is 5.75 Å². The number of carbonyl (C=O) groups is 2. The van der Waals surface area contributed by atoms with Gasteiger partial charge in [-0.3, -0.25) is 9.59 Å². The molecule has 1 aromatic heterocycles. The molecule has 2 atom stereocenters. The second kappa shape index (κ2) is 6.79. The Labute approximate surface area is 157 Å². The van der Waals surface area contributed by atoms with Crippen LogP contribution in [0, 0.1) is 5.92 Å². The number of likely N-dealkylation sites (tertiary alicyclic amines) is 1. The molecule has 6 nitrogen and oxygen atoms in total. The highest BCUT2D eigenvalue weighted by molar-refractivity contribution is 5.99. The molecule has 2 aromatic carbocycles. The Kier molecular flexibility index (Phi) is 4.32. The van der Waals surface area contributed by atoms with Crippen molar-refractivity contribution in [3.8, 4) is 5.75 Å². The minimum absolute atomic E-state index is 0.0379. The van der Waals surface area contributed by atoms with Gasteiger partial charge in [-0.1, -0.05) is 12.1 Å². The van der Waals surface area contributed by atoms with Gasteiger partial charge in [0.25, 0.3) is 0 Å². The van der Waals surface area contributed by atoms with Crippen LogP contribution in [0.15, 0.2) is 54.7 Å². The number of carbonyl (C=O) groups excluding carboxylic acids is 2. The maximum atomic E-state index is 13.0. The number of nitrogens with one attached hydrogen (secondary N) is 2. The van der Waals surface area contributed by atoms with Gasteiger partial charge in [0, 0.05) is 36.3 Å². The number of methoxy groups -OCH3 is 1. The van der Waals surface area contributed by atoms with Crippen LogP contribution < -0.4 is 10.1 Å². The maximum absolute atomic E-state index is 13.0. The molecule has 1 fully saturated rings. The minimum atomic E-state index is -0.462. The normalized spacial score (nSPS) is 19.5. The molecule has 2 unspecified atom stereocenters. The topological polar surface area (TPSA) is 74.4 Å². The first kappa shape index (κ1) is 17.1. The van der Waals surface area contributed by atoms with Crippen LogP contribution >= 0.6 is 0 Å². The first-order chi connectivity index (χ1) is 13.1. The molecule has 0 saturated carbocycles. The van der Waals surface area contributed by atoms with Gasteiger partial charge >= 0.3 is 0 Å². The van der Waals surface area contributed by atoms with Crippen molar-refractivity contribution >= 4 is 28.4 Å². The minimum Gasteiger partial charge on any atom is -0.497 e.